The second kappa shape index (κ2) is 5.64. The molecule has 0 aromatic carbocycles. The van der Waals surface area contributed by atoms with Crippen LogP contribution >= 0.6 is 0 Å². The predicted molar refractivity (Wildman–Crippen MR) is 73.3 cm³/mol. The minimum Gasteiger partial charge on any atom is -0.368 e. The maximum atomic E-state index is 5.55. The summed E-state index contributed by atoms with van der Waals surface area (Å²) in [6.45, 7) is 4.90. The van der Waals surface area contributed by atoms with Crippen LogP contribution < -0.4 is 11.5 Å². The second-order valence-electron chi connectivity index (χ2n) is 4.46. The molecule has 0 spiro atoms. The first-order chi connectivity index (χ1) is 9.08. The maximum absolute atomic E-state index is 5.55. The quantitative estimate of drug-likeness (QED) is 0.821. The Labute approximate surface area is 112 Å². The number of nitrogen functional groups attached to an aromatic ring is 2. The number of anilines is 2. The van der Waals surface area contributed by atoms with Crippen molar-refractivity contribution in [2.75, 3.05) is 11.5 Å². The minimum absolute atomic E-state index is 0.165. The summed E-state index contributed by atoms with van der Waals surface area (Å²) in [6.07, 6.45) is 4.74. The predicted octanol–water partition coefficient (Wildman–Crippen LogP) is 0.736. The zero-order valence-corrected chi connectivity index (χ0v) is 11.3. The van der Waals surface area contributed by atoms with Gasteiger partial charge in [-0.25, -0.2) is 4.98 Å². The Bertz CT molecular complexity index is 541. The van der Waals surface area contributed by atoms with Crippen LogP contribution in [0.4, 0.5) is 11.9 Å². The standard InChI is InChI=1S/C12H19N7/c1-3-4-10-15-8(2)7-19(10)6-5-9-16-11(13)18-12(14)17-9/h7H,3-6H2,1-2H3,(H4,13,14,16,17,18). The van der Waals surface area contributed by atoms with E-state index in [0.29, 0.717) is 12.2 Å². The van der Waals surface area contributed by atoms with Gasteiger partial charge in [-0.1, -0.05) is 6.92 Å². The van der Waals surface area contributed by atoms with Gasteiger partial charge in [0, 0.05) is 25.6 Å². The maximum Gasteiger partial charge on any atom is 0.225 e. The van der Waals surface area contributed by atoms with Crippen molar-refractivity contribution < 1.29 is 0 Å². The van der Waals surface area contributed by atoms with Gasteiger partial charge in [0.2, 0.25) is 11.9 Å². The van der Waals surface area contributed by atoms with E-state index < -0.39 is 0 Å². The molecule has 4 N–H and O–H groups in total. The fraction of sp³-hybridized carbons (Fsp3) is 0.500. The number of nitrogens with two attached hydrogens (primary N) is 2. The smallest absolute Gasteiger partial charge is 0.225 e. The molecule has 2 aromatic rings. The zero-order valence-electron chi connectivity index (χ0n) is 11.3. The summed E-state index contributed by atoms with van der Waals surface area (Å²) in [5.74, 6) is 2.03. The van der Waals surface area contributed by atoms with Gasteiger partial charge in [0.05, 0.1) is 5.69 Å². The van der Waals surface area contributed by atoms with Crippen LogP contribution in [0.3, 0.4) is 0 Å². The molecular formula is C12H19N7. The Morgan fingerprint density at radius 2 is 1.74 bits per heavy atom. The molecule has 0 amide bonds. The summed E-state index contributed by atoms with van der Waals surface area (Å²) in [6, 6.07) is 0. The van der Waals surface area contributed by atoms with Gasteiger partial charge in [0.1, 0.15) is 11.6 Å². The summed E-state index contributed by atoms with van der Waals surface area (Å²) in [5, 5.41) is 0. The lowest BCUT2D eigenvalue weighted by atomic mass is 10.3. The van der Waals surface area contributed by atoms with Crippen LogP contribution in [-0.2, 0) is 19.4 Å². The average Bonchev–Trinajstić information content (AvgIpc) is 2.66. The summed E-state index contributed by atoms with van der Waals surface area (Å²) >= 11 is 0. The van der Waals surface area contributed by atoms with Crippen LogP contribution in [0.2, 0.25) is 0 Å². The number of aromatic nitrogens is 5. The van der Waals surface area contributed by atoms with E-state index in [0.717, 1.165) is 30.9 Å². The van der Waals surface area contributed by atoms with E-state index in [9.17, 15) is 0 Å². The van der Waals surface area contributed by atoms with Gasteiger partial charge in [0.25, 0.3) is 0 Å². The van der Waals surface area contributed by atoms with Crippen molar-refractivity contribution in [3.63, 3.8) is 0 Å². The number of imidazole rings is 1. The van der Waals surface area contributed by atoms with Crippen molar-refractivity contribution in [1.82, 2.24) is 24.5 Å². The lowest BCUT2D eigenvalue weighted by molar-refractivity contribution is 0.626. The third kappa shape index (κ3) is 3.40. The molecule has 0 aliphatic rings. The van der Waals surface area contributed by atoms with Crippen LogP contribution in [0.25, 0.3) is 0 Å². The monoisotopic (exact) mass is 261 g/mol. The lowest BCUT2D eigenvalue weighted by Crippen LogP contribution is -2.11. The molecule has 0 saturated heterocycles. The third-order valence-corrected chi connectivity index (χ3v) is 2.75. The molecule has 0 aliphatic carbocycles. The topological polar surface area (TPSA) is 109 Å². The summed E-state index contributed by atoms with van der Waals surface area (Å²) in [5.41, 5.74) is 12.1. The summed E-state index contributed by atoms with van der Waals surface area (Å²) < 4.78 is 2.13. The third-order valence-electron chi connectivity index (χ3n) is 2.75. The molecule has 19 heavy (non-hydrogen) atoms. The normalized spacial score (nSPS) is 10.8. The van der Waals surface area contributed by atoms with Gasteiger partial charge in [0.15, 0.2) is 0 Å². The highest BCUT2D eigenvalue weighted by Crippen LogP contribution is 2.07. The van der Waals surface area contributed by atoms with E-state index in [4.69, 9.17) is 11.5 Å². The zero-order chi connectivity index (χ0) is 13.8. The van der Waals surface area contributed by atoms with Gasteiger partial charge in [-0.05, 0) is 13.3 Å². The largest absolute Gasteiger partial charge is 0.368 e. The van der Waals surface area contributed by atoms with Crippen molar-refractivity contribution >= 4 is 11.9 Å². The van der Waals surface area contributed by atoms with Crippen LogP contribution in [-0.4, -0.2) is 24.5 Å². The molecule has 0 fully saturated rings. The number of hydrogen-bond donors (Lipinski definition) is 2. The van der Waals surface area contributed by atoms with E-state index in [2.05, 4.69) is 31.4 Å². The summed E-state index contributed by atoms with van der Waals surface area (Å²) in [7, 11) is 0. The first-order valence-electron chi connectivity index (χ1n) is 6.37. The molecule has 0 bridgehead atoms. The van der Waals surface area contributed by atoms with E-state index in [1.807, 2.05) is 13.1 Å². The highest BCUT2D eigenvalue weighted by molar-refractivity contribution is 5.25. The molecule has 0 saturated carbocycles. The molecule has 2 rings (SSSR count). The molecule has 2 heterocycles. The molecule has 0 atom stereocenters. The van der Waals surface area contributed by atoms with E-state index in [1.54, 1.807) is 0 Å². The Hall–Kier alpha value is -2.18. The average molecular weight is 261 g/mol. The van der Waals surface area contributed by atoms with Gasteiger partial charge in [-0.3, -0.25) is 0 Å². The Kier molecular flexibility index (Phi) is 3.94. The van der Waals surface area contributed by atoms with Crippen molar-refractivity contribution in [2.45, 2.75) is 39.7 Å². The van der Waals surface area contributed by atoms with Crippen molar-refractivity contribution in [2.24, 2.45) is 0 Å². The molecule has 7 heteroatoms. The highest BCUT2D eigenvalue weighted by atomic mass is 15.1. The first kappa shape index (κ1) is 13.3. The van der Waals surface area contributed by atoms with Gasteiger partial charge in [-0.15, -0.1) is 0 Å². The molecule has 7 nitrogen and oxygen atoms in total. The van der Waals surface area contributed by atoms with Crippen LogP contribution in [0.1, 0.15) is 30.7 Å². The fourth-order valence-corrected chi connectivity index (χ4v) is 2.00. The SMILES string of the molecule is CCCc1nc(C)cn1CCc1nc(N)nc(N)n1. The number of aryl methyl sites for hydroxylation is 4. The minimum atomic E-state index is 0.165. The highest BCUT2D eigenvalue weighted by Gasteiger charge is 2.07. The molecule has 0 aliphatic heterocycles. The fourth-order valence-electron chi connectivity index (χ4n) is 2.00. The molecule has 102 valence electrons. The van der Waals surface area contributed by atoms with Gasteiger partial charge < -0.3 is 16.0 Å². The van der Waals surface area contributed by atoms with Crippen molar-refractivity contribution in [3.8, 4) is 0 Å². The van der Waals surface area contributed by atoms with E-state index >= 15 is 0 Å². The molecule has 2 aromatic heterocycles. The lowest BCUT2D eigenvalue weighted by Gasteiger charge is -2.06. The van der Waals surface area contributed by atoms with Gasteiger partial charge >= 0.3 is 0 Å². The Balaban J connectivity index is 2.09. The molecule has 0 unspecified atom stereocenters. The van der Waals surface area contributed by atoms with Crippen LogP contribution in [0, 0.1) is 6.92 Å². The molecular weight excluding hydrogens is 242 g/mol. The summed E-state index contributed by atoms with van der Waals surface area (Å²) in [4.78, 5) is 16.4. The van der Waals surface area contributed by atoms with E-state index in [-0.39, 0.29) is 11.9 Å². The second-order valence-corrected chi connectivity index (χ2v) is 4.46. The molecule has 0 radical (unpaired) electrons. The number of rotatable bonds is 5. The van der Waals surface area contributed by atoms with E-state index in [1.165, 1.54) is 0 Å². The Morgan fingerprint density at radius 1 is 1.05 bits per heavy atom. The van der Waals surface area contributed by atoms with Crippen LogP contribution in [0.5, 0.6) is 0 Å². The van der Waals surface area contributed by atoms with Crippen molar-refractivity contribution in [3.05, 3.63) is 23.5 Å². The number of nitrogens with zero attached hydrogens (tertiary/aromatic N) is 5. The Morgan fingerprint density at radius 3 is 2.37 bits per heavy atom. The first-order valence-corrected chi connectivity index (χ1v) is 6.37. The van der Waals surface area contributed by atoms with Crippen LogP contribution in [0.15, 0.2) is 6.20 Å². The van der Waals surface area contributed by atoms with Crippen molar-refractivity contribution in [1.29, 1.82) is 0 Å². The van der Waals surface area contributed by atoms with Gasteiger partial charge in [-0.2, -0.15) is 15.0 Å². The number of hydrogen-bond acceptors (Lipinski definition) is 6.